The first-order valence-electron chi connectivity index (χ1n) is 14.4. The van der Waals surface area contributed by atoms with Gasteiger partial charge in [0.2, 0.25) is 0 Å². The molecule has 1 spiro atoms. The Morgan fingerprint density at radius 1 is 0.878 bits per heavy atom. The summed E-state index contributed by atoms with van der Waals surface area (Å²) < 4.78 is 0.252. The number of ketones is 2. The highest BCUT2D eigenvalue weighted by atomic mass is 32.2. The lowest BCUT2D eigenvalue weighted by Crippen LogP contribution is -2.34. The average Bonchev–Trinajstić information content (AvgIpc) is 3.54. The van der Waals surface area contributed by atoms with Gasteiger partial charge in [-0.3, -0.25) is 14.6 Å². The molecule has 0 saturated heterocycles. The Bertz CT molecular complexity index is 1520. The predicted molar refractivity (Wildman–Crippen MR) is 170 cm³/mol. The highest BCUT2D eigenvalue weighted by molar-refractivity contribution is 8.04. The number of allylic oxidation sites excluding steroid dienone is 5. The van der Waals surface area contributed by atoms with Crippen LogP contribution in [0.1, 0.15) is 47.2 Å². The van der Waals surface area contributed by atoms with Crippen molar-refractivity contribution in [3.8, 4) is 0 Å². The summed E-state index contributed by atoms with van der Waals surface area (Å²) in [5, 5.41) is 3.33. The number of hydrogen-bond donors (Lipinski definition) is 1. The van der Waals surface area contributed by atoms with Gasteiger partial charge < -0.3 is 5.32 Å². The van der Waals surface area contributed by atoms with Gasteiger partial charge in [-0.2, -0.15) is 0 Å². The molecular formula is C36H34N2O2S. The highest BCUT2D eigenvalue weighted by Gasteiger charge is 2.42. The number of hydrogen-bond acceptors (Lipinski definition) is 5. The summed E-state index contributed by atoms with van der Waals surface area (Å²) in [7, 11) is 0. The van der Waals surface area contributed by atoms with Crippen molar-refractivity contribution in [3.63, 3.8) is 0 Å². The number of Topliss-reactive ketones (excluding diaryl/α,β-unsaturated/α-hetero) is 2. The van der Waals surface area contributed by atoms with Gasteiger partial charge in [-0.15, -0.1) is 11.8 Å². The molecule has 0 saturated carbocycles. The van der Waals surface area contributed by atoms with E-state index in [4.69, 9.17) is 4.99 Å². The molecule has 3 aliphatic rings. The molecule has 3 atom stereocenters. The van der Waals surface area contributed by atoms with E-state index in [1.54, 1.807) is 12.1 Å². The maximum absolute atomic E-state index is 13.5. The van der Waals surface area contributed by atoms with E-state index in [-0.39, 0.29) is 16.3 Å². The fourth-order valence-electron chi connectivity index (χ4n) is 5.77. The first-order valence-corrected chi connectivity index (χ1v) is 15.2. The number of aliphatic imine (C=N–C) groups is 1. The average molecular weight is 559 g/mol. The van der Waals surface area contributed by atoms with Crippen LogP contribution in [0.3, 0.4) is 0 Å². The Morgan fingerprint density at radius 2 is 1.63 bits per heavy atom. The number of nitrogens with zero attached hydrogens (tertiary/aromatic N) is 1. The molecule has 2 unspecified atom stereocenters. The van der Waals surface area contributed by atoms with Gasteiger partial charge >= 0.3 is 0 Å². The molecule has 0 amide bonds. The molecule has 0 fully saturated rings. The van der Waals surface area contributed by atoms with E-state index in [1.807, 2.05) is 72.4 Å². The van der Waals surface area contributed by atoms with Crippen molar-refractivity contribution in [2.45, 2.75) is 49.3 Å². The van der Waals surface area contributed by atoms with Crippen molar-refractivity contribution >= 4 is 34.9 Å². The Kier molecular flexibility index (Phi) is 8.15. The first-order chi connectivity index (χ1) is 20.1. The molecular weight excluding hydrogens is 524 g/mol. The van der Waals surface area contributed by atoms with Crippen LogP contribution < -0.4 is 5.32 Å². The fraction of sp³-hybridized carbons (Fsp3) is 0.250. The molecule has 206 valence electrons. The molecule has 0 aromatic heterocycles. The van der Waals surface area contributed by atoms with Crippen molar-refractivity contribution in [1.82, 2.24) is 0 Å². The standard InChI is InChI=1S/C36H34N2O2S/c39-33(28-14-6-2-7-15-28)32-34(40)31(25-27-11-4-1-5-12-27)38-35(32)37-29-19-17-26(18-20-29)13-10-16-30-21-24-36(41-30)22-8-3-9-23-36/h1-9,11-12,14-15,17-22,31-32H,10,13,16,23-25H2,(H,37,38)/t31-,32?,36?/m0/s1. The van der Waals surface area contributed by atoms with E-state index in [9.17, 15) is 9.59 Å². The minimum atomic E-state index is -0.930. The zero-order chi connectivity index (χ0) is 28.1. The molecule has 2 heterocycles. The Balaban J connectivity index is 1.10. The zero-order valence-electron chi connectivity index (χ0n) is 23.0. The third-order valence-electron chi connectivity index (χ3n) is 8.01. The lowest BCUT2D eigenvalue weighted by atomic mass is 9.90. The maximum Gasteiger partial charge on any atom is 0.181 e. The van der Waals surface area contributed by atoms with Gasteiger partial charge in [0.1, 0.15) is 17.8 Å². The zero-order valence-corrected chi connectivity index (χ0v) is 23.9. The third kappa shape index (κ3) is 6.36. The van der Waals surface area contributed by atoms with Crippen LogP contribution in [0.5, 0.6) is 0 Å². The van der Waals surface area contributed by atoms with Gasteiger partial charge in [0.25, 0.3) is 0 Å². The summed E-state index contributed by atoms with van der Waals surface area (Å²) in [6, 6.07) is 26.6. The van der Waals surface area contributed by atoms with Crippen LogP contribution in [-0.4, -0.2) is 28.2 Å². The number of benzene rings is 3. The minimum absolute atomic E-state index is 0.151. The van der Waals surface area contributed by atoms with Crippen LogP contribution in [0.2, 0.25) is 0 Å². The van der Waals surface area contributed by atoms with Gasteiger partial charge in [-0.05, 0) is 60.3 Å². The molecule has 1 N–H and O–H groups in total. The minimum Gasteiger partial charge on any atom is -0.343 e. The summed E-state index contributed by atoms with van der Waals surface area (Å²) in [5.41, 5.74) is 3.66. The van der Waals surface area contributed by atoms with Crippen molar-refractivity contribution in [2.75, 3.05) is 5.32 Å². The number of anilines is 1. The summed E-state index contributed by atoms with van der Waals surface area (Å²) in [5.74, 6) is -0.860. The van der Waals surface area contributed by atoms with Crippen molar-refractivity contribution in [2.24, 2.45) is 10.9 Å². The second kappa shape index (κ2) is 12.3. The number of thioether (sulfide) groups is 1. The maximum atomic E-state index is 13.5. The summed E-state index contributed by atoms with van der Waals surface area (Å²) in [6.07, 6.45) is 17.3. The molecule has 1 aliphatic carbocycles. The first kappa shape index (κ1) is 27.2. The molecule has 41 heavy (non-hydrogen) atoms. The summed E-state index contributed by atoms with van der Waals surface area (Å²) in [4.78, 5) is 33.3. The van der Waals surface area contributed by atoms with Gasteiger partial charge in [-0.1, -0.05) is 103 Å². The Hall–Kier alpha value is -3.96. The van der Waals surface area contributed by atoms with Gasteiger partial charge in [-0.25, -0.2) is 0 Å². The van der Waals surface area contributed by atoms with Crippen LogP contribution in [0.4, 0.5) is 5.69 Å². The topological polar surface area (TPSA) is 58.5 Å². The van der Waals surface area contributed by atoms with Crippen LogP contribution in [-0.2, 0) is 17.6 Å². The van der Waals surface area contributed by atoms with E-state index < -0.39 is 12.0 Å². The lowest BCUT2D eigenvalue weighted by molar-refractivity contribution is -0.120. The van der Waals surface area contributed by atoms with Gasteiger partial charge in [0.15, 0.2) is 11.6 Å². The molecule has 3 aromatic rings. The van der Waals surface area contributed by atoms with Crippen molar-refractivity contribution < 1.29 is 9.59 Å². The van der Waals surface area contributed by atoms with E-state index in [0.717, 1.165) is 43.4 Å². The lowest BCUT2D eigenvalue weighted by Gasteiger charge is -2.25. The predicted octanol–water partition coefficient (Wildman–Crippen LogP) is 7.79. The monoisotopic (exact) mass is 558 g/mol. The molecule has 3 aromatic carbocycles. The normalized spacial score (nSPS) is 23.1. The molecule has 2 aliphatic heterocycles. The van der Waals surface area contributed by atoms with E-state index >= 15 is 0 Å². The van der Waals surface area contributed by atoms with E-state index in [2.05, 4.69) is 47.8 Å². The van der Waals surface area contributed by atoms with Gasteiger partial charge in [0, 0.05) is 22.4 Å². The second-order valence-electron chi connectivity index (χ2n) is 11.0. The number of amidine groups is 1. The SMILES string of the molecule is O=C(c1ccccc1)C1C(=O)[C@H](Cc2ccccc2)N=C1Nc1ccc(CCCC2=CCC3(C=CC=CC3)S2)cc1. The molecule has 6 rings (SSSR count). The van der Waals surface area contributed by atoms with E-state index in [0.29, 0.717) is 17.8 Å². The fourth-order valence-corrected chi connectivity index (χ4v) is 7.20. The van der Waals surface area contributed by atoms with Crippen LogP contribution in [0, 0.1) is 5.92 Å². The summed E-state index contributed by atoms with van der Waals surface area (Å²) in [6.45, 7) is 0. The summed E-state index contributed by atoms with van der Waals surface area (Å²) >= 11 is 2.04. The van der Waals surface area contributed by atoms with Crippen LogP contribution in [0.15, 0.2) is 125 Å². The Morgan fingerprint density at radius 3 is 2.37 bits per heavy atom. The van der Waals surface area contributed by atoms with Crippen LogP contribution in [0.25, 0.3) is 0 Å². The van der Waals surface area contributed by atoms with E-state index in [1.165, 1.54) is 10.5 Å². The van der Waals surface area contributed by atoms with Crippen molar-refractivity contribution in [3.05, 3.63) is 137 Å². The molecule has 0 radical (unpaired) electrons. The quantitative estimate of drug-likeness (QED) is 0.215. The third-order valence-corrected chi connectivity index (χ3v) is 9.52. The van der Waals surface area contributed by atoms with Crippen LogP contribution >= 0.6 is 11.8 Å². The number of nitrogens with one attached hydrogen (secondary N) is 1. The smallest absolute Gasteiger partial charge is 0.181 e. The largest absolute Gasteiger partial charge is 0.343 e. The number of carbonyl (C=O) groups is 2. The number of carbonyl (C=O) groups excluding carboxylic acids is 2. The molecule has 0 bridgehead atoms. The molecule has 5 heteroatoms. The number of rotatable bonds is 9. The molecule has 4 nitrogen and oxygen atoms in total. The van der Waals surface area contributed by atoms with Gasteiger partial charge in [0.05, 0.1) is 0 Å². The highest BCUT2D eigenvalue weighted by Crippen LogP contribution is 2.48. The number of aryl methyl sites for hydroxylation is 1. The Labute approximate surface area is 246 Å². The second-order valence-corrected chi connectivity index (χ2v) is 12.5. The van der Waals surface area contributed by atoms with Crippen molar-refractivity contribution in [1.29, 1.82) is 0 Å².